The van der Waals surface area contributed by atoms with Crippen molar-refractivity contribution in [1.29, 1.82) is 0 Å². The van der Waals surface area contributed by atoms with E-state index in [0.29, 0.717) is 23.0 Å². The van der Waals surface area contributed by atoms with Gasteiger partial charge < -0.3 is 19.7 Å². The van der Waals surface area contributed by atoms with Crippen LogP contribution in [0.25, 0.3) is 0 Å². The Bertz CT molecular complexity index is 491. The molecular weight excluding hydrogens is 268 g/mol. The molecule has 1 heterocycles. The van der Waals surface area contributed by atoms with Crippen LogP contribution in [0.5, 0.6) is 11.5 Å². The first-order valence-corrected chi connectivity index (χ1v) is 7.27. The van der Waals surface area contributed by atoms with Crippen molar-refractivity contribution in [3.05, 3.63) is 23.3 Å². The molecule has 1 aliphatic heterocycles. The topological polar surface area (TPSA) is 50.8 Å². The molecule has 1 amide bonds. The Hall–Kier alpha value is -1.75. The van der Waals surface area contributed by atoms with Crippen LogP contribution in [0.15, 0.2) is 12.1 Å². The van der Waals surface area contributed by atoms with Crippen molar-refractivity contribution in [1.82, 2.24) is 10.2 Å². The first kappa shape index (κ1) is 15.6. The highest BCUT2D eigenvalue weighted by Crippen LogP contribution is 2.30. The summed E-state index contributed by atoms with van der Waals surface area (Å²) >= 11 is 0. The molecule has 21 heavy (non-hydrogen) atoms. The number of methoxy groups -OCH3 is 2. The maximum atomic E-state index is 12.6. The maximum Gasteiger partial charge on any atom is 0.254 e. The molecule has 1 N–H and O–H groups in total. The first-order valence-electron chi connectivity index (χ1n) is 7.27. The fourth-order valence-corrected chi connectivity index (χ4v) is 2.86. The third kappa shape index (κ3) is 3.29. The molecule has 5 nitrogen and oxygen atoms in total. The second-order valence-electron chi connectivity index (χ2n) is 5.47. The van der Waals surface area contributed by atoms with Crippen LogP contribution in [0, 0.1) is 12.8 Å². The highest BCUT2D eigenvalue weighted by atomic mass is 16.5. The molecule has 1 atom stereocenters. The predicted octanol–water partition coefficient (Wildman–Crippen LogP) is 1.69. The number of hydrogen-bond acceptors (Lipinski definition) is 4. The molecule has 1 aliphatic rings. The summed E-state index contributed by atoms with van der Waals surface area (Å²) in [6, 6.07) is 3.59. The van der Waals surface area contributed by atoms with Gasteiger partial charge in [0, 0.05) is 24.2 Å². The van der Waals surface area contributed by atoms with Crippen LogP contribution in [-0.2, 0) is 0 Å². The predicted molar refractivity (Wildman–Crippen MR) is 82.2 cm³/mol. The lowest BCUT2D eigenvalue weighted by molar-refractivity contribution is 0.0786. The molecule has 0 aromatic heterocycles. The number of ether oxygens (including phenoxy) is 2. The van der Waals surface area contributed by atoms with Crippen LogP contribution in [0.4, 0.5) is 0 Å². The van der Waals surface area contributed by atoms with Gasteiger partial charge in [-0.2, -0.15) is 0 Å². The SMILES string of the molecule is CNCC1CCN(C(=O)c2cc(OC)c(C)c(OC)c2)C1. The van der Waals surface area contributed by atoms with Crippen LogP contribution < -0.4 is 14.8 Å². The fraction of sp³-hybridized carbons (Fsp3) is 0.562. The Morgan fingerprint density at radius 1 is 1.33 bits per heavy atom. The number of carbonyl (C=O) groups excluding carboxylic acids is 1. The van der Waals surface area contributed by atoms with Crippen molar-refractivity contribution in [3.8, 4) is 11.5 Å². The van der Waals surface area contributed by atoms with Gasteiger partial charge >= 0.3 is 0 Å². The molecule has 0 spiro atoms. The van der Waals surface area contributed by atoms with Crippen LogP contribution in [-0.4, -0.2) is 51.7 Å². The molecule has 1 unspecified atom stereocenters. The number of amides is 1. The largest absolute Gasteiger partial charge is 0.496 e. The molecule has 5 heteroatoms. The summed E-state index contributed by atoms with van der Waals surface area (Å²) in [5.74, 6) is 1.95. The summed E-state index contributed by atoms with van der Waals surface area (Å²) in [7, 11) is 5.16. The second-order valence-corrected chi connectivity index (χ2v) is 5.47. The van der Waals surface area contributed by atoms with E-state index in [-0.39, 0.29) is 5.91 Å². The smallest absolute Gasteiger partial charge is 0.254 e. The molecule has 1 aromatic carbocycles. The summed E-state index contributed by atoms with van der Waals surface area (Å²) in [5.41, 5.74) is 1.53. The van der Waals surface area contributed by atoms with E-state index in [1.807, 2.05) is 18.9 Å². The summed E-state index contributed by atoms with van der Waals surface area (Å²) in [6.07, 6.45) is 1.05. The maximum absolute atomic E-state index is 12.6. The Kier molecular flexibility index (Phi) is 5.07. The van der Waals surface area contributed by atoms with Gasteiger partial charge in [0.25, 0.3) is 5.91 Å². The monoisotopic (exact) mass is 292 g/mol. The zero-order valence-corrected chi connectivity index (χ0v) is 13.2. The van der Waals surface area contributed by atoms with Gasteiger partial charge in [0.2, 0.25) is 0 Å². The lowest BCUT2D eigenvalue weighted by Crippen LogP contribution is -2.30. The second kappa shape index (κ2) is 6.80. The van der Waals surface area contributed by atoms with Gasteiger partial charge in [-0.15, -0.1) is 0 Å². The molecule has 1 fully saturated rings. The highest BCUT2D eigenvalue weighted by molar-refractivity contribution is 5.95. The number of nitrogens with one attached hydrogen (secondary N) is 1. The van der Waals surface area contributed by atoms with Crippen LogP contribution in [0.3, 0.4) is 0 Å². The third-order valence-electron chi connectivity index (χ3n) is 4.07. The number of carbonyl (C=O) groups is 1. The number of nitrogens with zero attached hydrogens (tertiary/aromatic N) is 1. The summed E-state index contributed by atoms with van der Waals surface area (Å²) in [6.45, 7) is 4.48. The van der Waals surface area contributed by atoms with E-state index in [4.69, 9.17) is 9.47 Å². The molecule has 0 bridgehead atoms. The van der Waals surface area contributed by atoms with E-state index in [2.05, 4.69) is 5.32 Å². The zero-order valence-electron chi connectivity index (χ0n) is 13.2. The third-order valence-corrected chi connectivity index (χ3v) is 4.07. The standard InChI is InChI=1S/C16H24N2O3/c1-11-14(20-3)7-13(8-15(11)21-4)16(19)18-6-5-12(10-18)9-17-2/h7-8,12,17H,5-6,9-10H2,1-4H3. The van der Waals surface area contributed by atoms with Crippen molar-refractivity contribution in [2.24, 2.45) is 5.92 Å². The number of rotatable bonds is 5. The van der Waals surface area contributed by atoms with Crippen LogP contribution in [0.1, 0.15) is 22.3 Å². The normalized spacial score (nSPS) is 17.9. The average molecular weight is 292 g/mol. The van der Waals surface area contributed by atoms with Crippen molar-refractivity contribution in [3.63, 3.8) is 0 Å². The molecule has 1 aromatic rings. The van der Waals surface area contributed by atoms with Crippen LogP contribution >= 0.6 is 0 Å². The summed E-state index contributed by atoms with van der Waals surface area (Å²) in [5, 5.41) is 3.17. The van der Waals surface area contributed by atoms with E-state index in [1.54, 1.807) is 26.4 Å². The highest BCUT2D eigenvalue weighted by Gasteiger charge is 2.27. The fourth-order valence-electron chi connectivity index (χ4n) is 2.86. The Labute approximate surface area is 126 Å². The average Bonchev–Trinajstić information content (AvgIpc) is 2.95. The van der Waals surface area contributed by atoms with Gasteiger partial charge in [0.15, 0.2) is 0 Å². The van der Waals surface area contributed by atoms with Gasteiger partial charge in [-0.3, -0.25) is 4.79 Å². The zero-order chi connectivity index (χ0) is 15.4. The lowest BCUT2D eigenvalue weighted by atomic mass is 10.1. The van der Waals surface area contributed by atoms with Gasteiger partial charge in [-0.25, -0.2) is 0 Å². The minimum absolute atomic E-state index is 0.0465. The Balaban J connectivity index is 2.20. The van der Waals surface area contributed by atoms with Gasteiger partial charge in [0.1, 0.15) is 11.5 Å². The first-order chi connectivity index (χ1) is 10.1. The Morgan fingerprint density at radius 3 is 2.48 bits per heavy atom. The van der Waals surface area contributed by atoms with E-state index in [9.17, 15) is 4.79 Å². The quantitative estimate of drug-likeness (QED) is 0.897. The lowest BCUT2D eigenvalue weighted by Gasteiger charge is -2.18. The number of benzene rings is 1. The molecule has 2 rings (SSSR count). The van der Waals surface area contributed by atoms with Crippen molar-refractivity contribution < 1.29 is 14.3 Å². The molecule has 116 valence electrons. The minimum Gasteiger partial charge on any atom is -0.496 e. The van der Waals surface area contributed by atoms with Gasteiger partial charge in [-0.05, 0) is 45.0 Å². The van der Waals surface area contributed by atoms with E-state index in [1.165, 1.54) is 0 Å². The molecule has 0 radical (unpaired) electrons. The van der Waals surface area contributed by atoms with Crippen molar-refractivity contribution in [2.45, 2.75) is 13.3 Å². The minimum atomic E-state index is 0.0465. The summed E-state index contributed by atoms with van der Waals surface area (Å²) < 4.78 is 10.7. The summed E-state index contributed by atoms with van der Waals surface area (Å²) in [4.78, 5) is 14.5. The number of hydrogen-bond donors (Lipinski definition) is 1. The van der Waals surface area contributed by atoms with E-state index < -0.39 is 0 Å². The van der Waals surface area contributed by atoms with Gasteiger partial charge in [-0.1, -0.05) is 0 Å². The number of likely N-dealkylation sites (tertiary alicyclic amines) is 1. The Morgan fingerprint density at radius 2 is 1.95 bits per heavy atom. The van der Waals surface area contributed by atoms with E-state index in [0.717, 1.165) is 31.6 Å². The van der Waals surface area contributed by atoms with Crippen LogP contribution in [0.2, 0.25) is 0 Å². The molecule has 1 saturated heterocycles. The molecule has 0 aliphatic carbocycles. The molecular formula is C16H24N2O3. The van der Waals surface area contributed by atoms with Crippen molar-refractivity contribution >= 4 is 5.91 Å². The van der Waals surface area contributed by atoms with Crippen molar-refractivity contribution in [2.75, 3.05) is 40.9 Å². The van der Waals surface area contributed by atoms with E-state index >= 15 is 0 Å². The molecule has 0 saturated carbocycles. The van der Waals surface area contributed by atoms with Gasteiger partial charge in [0.05, 0.1) is 14.2 Å².